The van der Waals surface area contributed by atoms with Crippen molar-refractivity contribution in [2.45, 2.75) is 18.1 Å². The minimum atomic E-state index is -0.570. The number of esters is 1. The van der Waals surface area contributed by atoms with Crippen molar-refractivity contribution in [2.75, 3.05) is 12.4 Å². The number of amides is 2. The molecule has 1 aromatic heterocycles. The van der Waals surface area contributed by atoms with Gasteiger partial charge in [0.1, 0.15) is 6.33 Å². The second-order valence-corrected chi connectivity index (χ2v) is 6.51. The van der Waals surface area contributed by atoms with Gasteiger partial charge in [0.05, 0.1) is 18.2 Å². The van der Waals surface area contributed by atoms with E-state index in [0.29, 0.717) is 22.2 Å². The number of carbonyl (C=O) groups is 2. The molecule has 2 amide bonds. The Morgan fingerprint density at radius 1 is 1.35 bits per heavy atom. The van der Waals surface area contributed by atoms with Crippen LogP contribution in [0.2, 0.25) is 0 Å². The van der Waals surface area contributed by atoms with Crippen molar-refractivity contribution in [2.24, 2.45) is 7.05 Å². The van der Waals surface area contributed by atoms with Gasteiger partial charge in [0.15, 0.2) is 5.16 Å². The highest BCUT2D eigenvalue weighted by molar-refractivity contribution is 7.99. The average Bonchev–Trinajstić information content (AvgIpc) is 3.05. The van der Waals surface area contributed by atoms with Gasteiger partial charge >= 0.3 is 12.0 Å². The van der Waals surface area contributed by atoms with E-state index in [9.17, 15) is 9.59 Å². The smallest absolute Gasteiger partial charge is 0.338 e. The van der Waals surface area contributed by atoms with Crippen LogP contribution in [0.5, 0.6) is 0 Å². The van der Waals surface area contributed by atoms with Crippen molar-refractivity contribution >= 4 is 23.8 Å². The van der Waals surface area contributed by atoms with Gasteiger partial charge in [0.25, 0.3) is 0 Å². The Labute approximate surface area is 155 Å². The third kappa shape index (κ3) is 3.88. The fourth-order valence-corrected chi connectivity index (χ4v) is 3.47. The summed E-state index contributed by atoms with van der Waals surface area (Å²) in [6.45, 7) is 2.00. The van der Waals surface area contributed by atoms with Gasteiger partial charge in [-0.3, -0.25) is 0 Å². The average molecular weight is 373 g/mol. The van der Waals surface area contributed by atoms with Crippen LogP contribution in [0.15, 0.2) is 53.1 Å². The van der Waals surface area contributed by atoms with Gasteiger partial charge in [-0.25, -0.2) is 9.59 Å². The molecule has 1 atom stereocenters. The molecule has 9 heteroatoms. The van der Waals surface area contributed by atoms with Crippen LogP contribution in [0, 0.1) is 0 Å². The predicted octanol–water partition coefficient (Wildman–Crippen LogP) is 1.78. The summed E-state index contributed by atoms with van der Waals surface area (Å²) in [5, 5.41) is 14.1. The molecule has 26 heavy (non-hydrogen) atoms. The number of thioether (sulfide) groups is 1. The van der Waals surface area contributed by atoms with Crippen molar-refractivity contribution in [1.29, 1.82) is 0 Å². The minimum Gasteiger partial charge on any atom is -0.463 e. The van der Waals surface area contributed by atoms with Gasteiger partial charge in [-0.1, -0.05) is 42.1 Å². The highest BCUT2D eigenvalue weighted by atomic mass is 32.2. The van der Waals surface area contributed by atoms with Gasteiger partial charge in [-0.2, -0.15) is 0 Å². The highest BCUT2D eigenvalue weighted by Gasteiger charge is 2.33. The number of benzene rings is 1. The Morgan fingerprint density at radius 3 is 2.77 bits per heavy atom. The van der Waals surface area contributed by atoms with Gasteiger partial charge in [-0.05, 0) is 12.5 Å². The molecule has 0 bridgehead atoms. The van der Waals surface area contributed by atoms with Gasteiger partial charge in [0.2, 0.25) is 0 Å². The molecule has 2 N–H and O–H groups in total. The molecule has 0 unspecified atom stereocenters. The first-order valence-corrected chi connectivity index (χ1v) is 9.08. The SMILES string of the molecule is CCOC(=O)C1=C(CSc2nncn2C)NC(=O)N[C@@H]1c1ccccc1. The van der Waals surface area contributed by atoms with Crippen LogP contribution in [-0.2, 0) is 16.6 Å². The lowest BCUT2D eigenvalue weighted by Gasteiger charge is -2.29. The lowest BCUT2D eigenvalue weighted by molar-refractivity contribution is -0.139. The van der Waals surface area contributed by atoms with Crippen molar-refractivity contribution in [1.82, 2.24) is 25.4 Å². The van der Waals surface area contributed by atoms with E-state index in [4.69, 9.17) is 4.74 Å². The summed E-state index contributed by atoms with van der Waals surface area (Å²) in [5.74, 6) is -0.0975. The molecule has 0 fully saturated rings. The molecule has 0 radical (unpaired) electrons. The molecule has 1 aliphatic rings. The van der Waals surface area contributed by atoms with E-state index in [-0.39, 0.29) is 12.6 Å². The van der Waals surface area contributed by atoms with E-state index >= 15 is 0 Å². The molecule has 2 aromatic rings. The Hall–Kier alpha value is -2.81. The maximum absolute atomic E-state index is 12.6. The number of urea groups is 1. The first-order valence-electron chi connectivity index (χ1n) is 8.09. The summed E-state index contributed by atoms with van der Waals surface area (Å²) >= 11 is 1.38. The number of carbonyl (C=O) groups excluding carboxylic acids is 2. The zero-order valence-electron chi connectivity index (χ0n) is 14.4. The van der Waals surface area contributed by atoms with Crippen LogP contribution in [0.4, 0.5) is 4.79 Å². The molecule has 1 aliphatic heterocycles. The zero-order chi connectivity index (χ0) is 18.5. The van der Waals surface area contributed by atoms with Gasteiger partial charge in [-0.15, -0.1) is 10.2 Å². The summed E-state index contributed by atoms with van der Waals surface area (Å²) < 4.78 is 7.00. The van der Waals surface area contributed by atoms with Crippen molar-refractivity contribution in [3.05, 3.63) is 53.5 Å². The van der Waals surface area contributed by atoms with E-state index < -0.39 is 12.0 Å². The standard InChI is InChI=1S/C17H19N5O3S/c1-3-25-15(23)13-12(9-26-17-21-18-10-22(17)2)19-16(24)20-14(13)11-7-5-4-6-8-11/h4-8,10,14H,3,9H2,1-2H3,(H2,19,20,24)/t14-/m1/s1. The Balaban J connectivity index is 1.96. The van der Waals surface area contributed by atoms with Crippen LogP contribution >= 0.6 is 11.8 Å². The third-order valence-corrected chi connectivity index (χ3v) is 4.86. The summed E-state index contributed by atoms with van der Waals surface area (Å²) in [6, 6.07) is 8.40. The zero-order valence-corrected chi connectivity index (χ0v) is 15.2. The summed E-state index contributed by atoms with van der Waals surface area (Å²) in [7, 11) is 1.83. The largest absolute Gasteiger partial charge is 0.463 e. The molecule has 0 saturated heterocycles. The third-order valence-electron chi connectivity index (χ3n) is 3.80. The normalized spacial score (nSPS) is 16.8. The number of hydrogen-bond acceptors (Lipinski definition) is 6. The molecular weight excluding hydrogens is 354 g/mol. The van der Waals surface area contributed by atoms with Crippen molar-refractivity contribution < 1.29 is 14.3 Å². The number of rotatable bonds is 6. The second-order valence-electron chi connectivity index (χ2n) is 5.57. The van der Waals surface area contributed by atoms with E-state index in [1.54, 1.807) is 17.8 Å². The van der Waals surface area contributed by atoms with Crippen molar-refractivity contribution in [3.8, 4) is 0 Å². The van der Waals surface area contributed by atoms with E-state index in [1.807, 2.05) is 37.4 Å². The van der Waals surface area contributed by atoms with Crippen LogP contribution in [0.3, 0.4) is 0 Å². The molecule has 0 aliphatic carbocycles. The lowest BCUT2D eigenvalue weighted by Crippen LogP contribution is -2.46. The Morgan fingerprint density at radius 2 is 2.12 bits per heavy atom. The van der Waals surface area contributed by atoms with E-state index in [1.165, 1.54) is 11.8 Å². The first-order chi connectivity index (χ1) is 12.6. The molecule has 8 nitrogen and oxygen atoms in total. The fraction of sp³-hybridized carbons (Fsp3) is 0.294. The number of aryl methyl sites for hydroxylation is 1. The minimum absolute atomic E-state index is 0.251. The summed E-state index contributed by atoms with van der Waals surface area (Å²) in [4.78, 5) is 24.8. The monoisotopic (exact) mass is 373 g/mol. The predicted molar refractivity (Wildman–Crippen MR) is 96.2 cm³/mol. The van der Waals surface area contributed by atoms with Crippen LogP contribution in [0.1, 0.15) is 18.5 Å². The van der Waals surface area contributed by atoms with Crippen molar-refractivity contribution in [3.63, 3.8) is 0 Å². The van der Waals surface area contributed by atoms with Gasteiger partial charge in [0, 0.05) is 18.5 Å². The maximum atomic E-state index is 12.6. The summed E-state index contributed by atoms with van der Waals surface area (Å²) in [5.41, 5.74) is 1.72. The van der Waals surface area contributed by atoms with Gasteiger partial charge < -0.3 is 19.9 Å². The van der Waals surface area contributed by atoms with E-state index in [0.717, 1.165) is 5.56 Å². The summed E-state index contributed by atoms with van der Waals surface area (Å²) in [6.07, 6.45) is 1.59. The van der Waals surface area contributed by atoms with Crippen LogP contribution in [0.25, 0.3) is 0 Å². The van der Waals surface area contributed by atoms with Crippen LogP contribution < -0.4 is 10.6 Å². The Kier molecular flexibility index (Phi) is 5.57. The molecule has 3 rings (SSSR count). The number of hydrogen-bond donors (Lipinski definition) is 2. The molecule has 0 saturated carbocycles. The van der Waals surface area contributed by atoms with Crippen LogP contribution in [-0.4, -0.2) is 39.1 Å². The fourth-order valence-electron chi connectivity index (χ4n) is 2.62. The number of ether oxygens (including phenoxy) is 1. The van der Waals surface area contributed by atoms with E-state index in [2.05, 4.69) is 20.8 Å². The molecular formula is C17H19N5O3S. The lowest BCUT2D eigenvalue weighted by atomic mass is 9.95. The number of nitrogens with one attached hydrogen (secondary N) is 2. The second kappa shape index (κ2) is 8.05. The Bertz CT molecular complexity index is 834. The molecule has 1 aromatic carbocycles. The highest BCUT2D eigenvalue weighted by Crippen LogP contribution is 2.30. The molecule has 136 valence electrons. The molecule has 0 spiro atoms. The number of aromatic nitrogens is 3. The number of nitrogens with zero attached hydrogens (tertiary/aromatic N) is 3. The molecule has 2 heterocycles. The maximum Gasteiger partial charge on any atom is 0.338 e. The quantitative estimate of drug-likeness (QED) is 0.592. The topological polar surface area (TPSA) is 98.1 Å². The first kappa shape index (κ1) is 18.0.